The van der Waals surface area contributed by atoms with Gasteiger partial charge in [-0.05, 0) is 65.1 Å². The predicted molar refractivity (Wildman–Crippen MR) is 88.6 cm³/mol. The van der Waals surface area contributed by atoms with E-state index in [0.29, 0.717) is 5.92 Å². The molecule has 3 heteroatoms. The van der Waals surface area contributed by atoms with Gasteiger partial charge in [0.15, 0.2) is 5.75 Å². The van der Waals surface area contributed by atoms with Crippen LogP contribution in [-0.4, -0.2) is 11.6 Å². The number of hydrogen-bond acceptors (Lipinski definition) is 2. The quantitative estimate of drug-likeness (QED) is 0.759. The Bertz CT molecular complexity index is 564. The number of aromatic nitrogens is 1. The normalized spacial score (nSPS) is 22.0. The summed E-state index contributed by atoms with van der Waals surface area (Å²) < 4.78 is 6.89. The summed E-state index contributed by atoms with van der Waals surface area (Å²) in [5, 5.41) is 0. The maximum absolute atomic E-state index is 5.91. The molecule has 0 spiro atoms. The van der Waals surface area contributed by atoms with Gasteiger partial charge in [0.2, 0.25) is 0 Å². The molecule has 0 atom stereocenters. The lowest BCUT2D eigenvalue weighted by molar-refractivity contribution is 0.198. The summed E-state index contributed by atoms with van der Waals surface area (Å²) in [6.45, 7) is 0.797. The van der Waals surface area contributed by atoms with Crippen molar-refractivity contribution in [1.82, 2.24) is 4.98 Å². The van der Waals surface area contributed by atoms with Crippen molar-refractivity contribution in [2.45, 2.75) is 31.6 Å². The van der Waals surface area contributed by atoms with Crippen LogP contribution in [0.2, 0.25) is 0 Å². The second-order valence-corrected chi connectivity index (χ2v) is 6.60. The molecule has 1 aromatic carbocycles. The van der Waals surface area contributed by atoms with Gasteiger partial charge in [-0.25, -0.2) is 0 Å². The van der Waals surface area contributed by atoms with Crippen molar-refractivity contribution in [2.24, 2.45) is 5.92 Å². The van der Waals surface area contributed by atoms with E-state index in [9.17, 15) is 0 Å². The van der Waals surface area contributed by atoms with E-state index < -0.39 is 0 Å². The Morgan fingerprint density at radius 3 is 2.52 bits per heavy atom. The zero-order valence-corrected chi connectivity index (χ0v) is 13.6. The summed E-state index contributed by atoms with van der Waals surface area (Å²) in [4.78, 5) is 4.11. The summed E-state index contributed by atoms with van der Waals surface area (Å²) in [6, 6.07) is 12.8. The summed E-state index contributed by atoms with van der Waals surface area (Å²) in [5.41, 5.74) is 1.49. The van der Waals surface area contributed by atoms with Crippen LogP contribution in [0.5, 0.6) is 5.75 Å². The van der Waals surface area contributed by atoms with Gasteiger partial charge in [0.05, 0.1) is 17.3 Å². The van der Waals surface area contributed by atoms with Crippen molar-refractivity contribution in [3.05, 3.63) is 58.8 Å². The Kier molecular flexibility index (Phi) is 4.91. The minimum absolute atomic E-state index is 0.664. The minimum atomic E-state index is 0.664. The van der Waals surface area contributed by atoms with Gasteiger partial charge >= 0.3 is 0 Å². The van der Waals surface area contributed by atoms with Crippen molar-refractivity contribution in [3.8, 4) is 5.75 Å². The van der Waals surface area contributed by atoms with Gasteiger partial charge in [0, 0.05) is 6.20 Å². The van der Waals surface area contributed by atoms with Crippen LogP contribution in [0.25, 0.3) is 0 Å². The van der Waals surface area contributed by atoms with Crippen molar-refractivity contribution >= 4 is 15.9 Å². The highest BCUT2D eigenvalue weighted by molar-refractivity contribution is 9.10. The van der Waals surface area contributed by atoms with Gasteiger partial charge in [-0.15, -0.1) is 0 Å². The lowest BCUT2D eigenvalue weighted by Gasteiger charge is -2.28. The average Bonchev–Trinajstić information content (AvgIpc) is 2.55. The number of rotatable bonds is 4. The van der Waals surface area contributed by atoms with Crippen LogP contribution in [0.15, 0.2) is 53.3 Å². The van der Waals surface area contributed by atoms with E-state index in [0.717, 1.165) is 22.7 Å². The molecule has 3 rings (SSSR count). The van der Waals surface area contributed by atoms with E-state index in [1.54, 1.807) is 12.4 Å². The third-order valence-corrected chi connectivity index (χ3v) is 4.98. The van der Waals surface area contributed by atoms with E-state index in [-0.39, 0.29) is 0 Å². The van der Waals surface area contributed by atoms with Gasteiger partial charge in [-0.2, -0.15) is 0 Å². The van der Waals surface area contributed by atoms with Crippen LogP contribution in [0.1, 0.15) is 37.2 Å². The first-order valence-corrected chi connectivity index (χ1v) is 8.39. The summed E-state index contributed by atoms with van der Waals surface area (Å²) >= 11 is 3.50. The molecule has 0 bridgehead atoms. The first-order chi connectivity index (χ1) is 10.3. The summed E-state index contributed by atoms with van der Waals surface area (Å²) in [5.74, 6) is 2.24. The van der Waals surface area contributed by atoms with Gasteiger partial charge in [-0.3, -0.25) is 4.98 Å². The van der Waals surface area contributed by atoms with Crippen LogP contribution >= 0.6 is 15.9 Å². The van der Waals surface area contributed by atoms with Crippen LogP contribution < -0.4 is 4.74 Å². The maximum Gasteiger partial charge on any atom is 0.151 e. The van der Waals surface area contributed by atoms with Crippen molar-refractivity contribution in [2.75, 3.05) is 6.61 Å². The number of pyridine rings is 1. The first-order valence-electron chi connectivity index (χ1n) is 7.60. The molecular weight excluding hydrogens is 326 g/mol. The highest BCUT2D eigenvalue weighted by Crippen LogP contribution is 2.36. The fraction of sp³-hybridized carbons (Fsp3) is 0.389. The lowest BCUT2D eigenvalue weighted by Crippen LogP contribution is -2.19. The Balaban J connectivity index is 1.49. The molecule has 0 N–H and O–H groups in total. The number of ether oxygens (including phenoxy) is 1. The molecule has 2 aromatic rings. The molecule has 110 valence electrons. The van der Waals surface area contributed by atoms with Crippen molar-refractivity contribution in [3.63, 3.8) is 0 Å². The topological polar surface area (TPSA) is 22.1 Å². The molecule has 1 aromatic heterocycles. The monoisotopic (exact) mass is 345 g/mol. The third kappa shape index (κ3) is 3.85. The SMILES string of the molecule is Brc1ccncc1OCC1CCC(c2ccccc2)CC1. The number of nitrogens with zero attached hydrogens (tertiary/aromatic N) is 1. The average molecular weight is 346 g/mol. The molecule has 1 aliphatic carbocycles. The Morgan fingerprint density at radius 2 is 1.81 bits per heavy atom. The third-order valence-electron chi connectivity index (χ3n) is 4.33. The second-order valence-electron chi connectivity index (χ2n) is 5.75. The molecule has 1 fully saturated rings. The minimum Gasteiger partial charge on any atom is -0.490 e. The molecule has 0 unspecified atom stereocenters. The van der Waals surface area contributed by atoms with Crippen molar-refractivity contribution < 1.29 is 4.74 Å². The fourth-order valence-electron chi connectivity index (χ4n) is 3.06. The zero-order valence-electron chi connectivity index (χ0n) is 12.0. The standard InChI is InChI=1S/C18H20BrNO/c19-17-10-11-20-12-18(17)21-13-14-6-8-16(9-7-14)15-4-2-1-3-5-15/h1-5,10-12,14,16H,6-9,13H2. The lowest BCUT2D eigenvalue weighted by atomic mass is 9.79. The molecule has 1 aliphatic rings. The van der Waals surface area contributed by atoms with Crippen molar-refractivity contribution in [1.29, 1.82) is 0 Å². The van der Waals surface area contributed by atoms with E-state index >= 15 is 0 Å². The first kappa shape index (κ1) is 14.6. The van der Waals surface area contributed by atoms with Gasteiger partial charge in [0.25, 0.3) is 0 Å². The van der Waals surface area contributed by atoms with E-state index in [1.165, 1.54) is 31.2 Å². The molecule has 0 aliphatic heterocycles. The van der Waals surface area contributed by atoms with E-state index in [2.05, 4.69) is 51.2 Å². The highest BCUT2D eigenvalue weighted by atomic mass is 79.9. The Hall–Kier alpha value is -1.35. The smallest absolute Gasteiger partial charge is 0.151 e. The number of hydrogen-bond donors (Lipinski definition) is 0. The molecule has 0 saturated heterocycles. The molecule has 1 saturated carbocycles. The van der Waals surface area contributed by atoms with Crippen LogP contribution in [0.4, 0.5) is 0 Å². The van der Waals surface area contributed by atoms with Gasteiger partial charge in [0.1, 0.15) is 0 Å². The van der Waals surface area contributed by atoms with Gasteiger partial charge < -0.3 is 4.74 Å². The highest BCUT2D eigenvalue weighted by Gasteiger charge is 2.22. The van der Waals surface area contributed by atoms with Crippen LogP contribution in [0, 0.1) is 5.92 Å². The van der Waals surface area contributed by atoms with Gasteiger partial charge in [-0.1, -0.05) is 30.3 Å². The van der Waals surface area contributed by atoms with Crippen LogP contribution in [0.3, 0.4) is 0 Å². The zero-order chi connectivity index (χ0) is 14.5. The number of benzene rings is 1. The molecule has 21 heavy (non-hydrogen) atoms. The Labute approximate surface area is 134 Å². The van der Waals surface area contributed by atoms with Crippen LogP contribution in [-0.2, 0) is 0 Å². The Morgan fingerprint density at radius 1 is 1.05 bits per heavy atom. The second kappa shape index (κ2) is 7.08. The van der Waals surface area contributed by atoms with E-state index in [1.807, 2.05) is 6.07 Å². The van der Waals surface area contributed by atoms with E-state index in [4.69, 9.17) is 4.74 Å². The number of halogens is 1. The molecule has 1 heterocycles. The predicted octanol–water partition coefficient (Wildman–Crippen LogP) is 5.20. The molecule has 0 radical (unpaired) electrons. The largest absolute Gasteiger partial charge is 0.490 e. The molecule has 2 nitrogen and oxygen atoms in total. The molecular formula is C18H20BrNO. The summed E-state index contributed by atoms with van der Waals surface area (Å²) in [7, 11) is 0. The fourth-order valence-corrected chi connectivity index (χ4v) is 3.40. The maximum atomic E-state index is 5.91. The molecule has 0 amide bonds. The summed E-state index contributed by atoms with van der Waals surface area (Å²) in [6.07, 6.45) is 8.58.